The zero-order valence-corrected chi connectivity index (χ0v) is 12.4. The molecule has 0 radical (unpaired) electrons. The summed E-state index contributed by atoms with van der Waals surface area (Å²) >= 11 is 3.36. The van der Waals surface area contributed by atoms with E-state index in [0.717, 1.165) is 5.56 Å². The molecule has 1 rings (SSSR count). The Labute approximate surface area is 117 Å². The standard InChI is InChI=1S/C14H20BrNO2/c1-10(2)13(15)14(18)16-12(9-17)8-11-6-4-3-5-7-11/h3-7,10,12-13,17H,8-9H2,1-2H3,(H,16,18). The molecular weight excluding hydrogens is 294 g/mol. The van der Waals surface area contributed by atoms with Gasteiger partial charge in [0.05, 0.1) is 17.5 Å². The van der Waals surface area contributed by atoms with Gasteiger partial charge in [-0.05, 0) is 17.9 Å². The SMILES string of the molecule is CC(C)C(Br)C(=O)NC(CO)Cc1ccccc1. The van der Waals surface area contributed by atoms with Crippen LogP contribution >= 0.6 is 15.9 Å². The highest BCUT2D eigenvalue weighted by Crippen LogP contribution is 2.12. The van der Waals surface area contributed by atoms with Gasteiger partial charge in [-0.1, -0.05) is 60.1 Å². The maximum absolute atomic E-state index is 11.9. The first-order valence-electron chi connectivity index (χ1n) is 6.13. The third-order valence-corrected chi connectivity index (χ3v) is 4.20. The van der Waals surface area contributed by atoms with E-state index in [2.05, 4.69) is 21.2 Å². The van der Waals surface area contributed by atoms with E-state index in [9.17, 15) is 9.90 Å². The summed E-state index contributed by atoms with van der Waals surface area (Å²) in [6.45, 7) is 3.90. The molecule has 1 aromatic rings. The summed E-state index contributed by atoms with van der Waals surface area (Å²) in [5.41, 5.74) is 1.10. The van der Waals surface area contributed by atoms with Gasteiger partial charge in [-0.15, -0.1) is 0 Å². The maximum atomic E-state index is 11.9. The van der Waals surface area contributed by atoms with Gasteiger partial charge in [0.1, 0.15) is 0 Å². The Morgan fingerprint density at radius 1 is 1.33 bits per heavy atom. The number of rotatable bonds is 6. The zero-order chi connectivity index (χ0) is 13.5. The zero-order valence-electron chi connectivity index (χ0n) is 10.8. The maximum Gasteiger partial charge on any atom is 0.234 e. The van der Waals surface area contributed by atoms with Gasteiger partial charge >= 0.3 is 0 Å². The molecule has 0 bridgehead atoms. The fraction of sp³-hybridized carbons (Fsp3) is 0.500. The van der Waals surface area contributed by atoms with Gasteiger partial charge in [0.2, 0.25) is 5.91 Å². The second-order valence-electron chi connectivity index (χ2n) is 4.72. The number of nitrogens with one attached hydrogen (secondary N) is 1. The van der Waals surface area contributed by atoms with Crippen LogP contribution in [0.2, 0.25) is 0 Å². The summed E-state index contributed by atoms with van der Waals surface area (Å²) in [4.78, 5) is 11.7. The quantitative estimate of drug-likeness (QED) is 0.790. The van der Waals surface area contributed by atoms with Gasteiger partial charge in [0.15, 0.2) is 0 Å². The molecule has 2 unspecified atom stereocenters. The third kappa shape index (κ3) is 4.78. The lowest BCUT2D eigenvalue weighted by Crippen LogP contribution is -2.44. The number of hydrogen-bond donors (Lipinski definition) is 2. The molecule has 0 heterocycles. The lowest BCUT2D eigenvalue weighted by atomic mass is 10.1. The molecule has 0 aromatic heterocycles. The van der Waals surface area contributed by atoms with E-state index < -0.39 is 0 Å². The smallest absolute Gasteiger partial charge is 0.234 e. The summed E-state index contributed by atoms with van der Waals surface area (Å²) in [6.07, 6.45) is 0.640. The minimum Gasteiger partial charge on any atom is -0.394 e. The monoisotopic (exact) mass is 313 g/mol. The molecule has 1 amide bonds. The lowest BCUT2D eigenvalue weighted by Gasteiger charge is -2.20. The Morgan fingerprint density at radius 3 is 2.44 bits per heavy atom. The molecular formula is C14H20BrNO2. The van der Waals surface area contributed by atoms with E-state index in [1.807, 2.05) is 44.2 Å². The van der Waals surface area contributed by atoms with E-state index in [1.54, 1.807) is 0 Å². The second-order valence-corrected chi connectivity index (χ2v) is 5.71. The number of carbonyl (C=O) groups is 1. The molecule has 0 saturated heterocycles. The number of halogens is 1. The number of carbonyl (C=O) groups excluding carboxylic acids is 1. The highest BCUT2D eigenvalue weighted by molar-refractivity contribution is 9.10. The van der Waals surface area contributed by atoms with E-state index in [4.69, 9.17) is 0 Å². The number of alkyl halides is 1. The first-order valence-corrected chi connectivity index (χ1v) is 7.05. The number of aliphatic hydroxyl groups is 1. The minimum absolute atomic E-state index is 0.0571. The highest BCUT2D eigenvalue weighted by Gasteiger charge is 2.21. The minimum atomic E-state index is -0.237. The molecule has 0 aliphatic rings. The van der Waals surface area contributed by atoms with Gasteiger partial charge in [-0.3, -0.25) is 4.79 Å². The van der Waals surface area contributed by atoms with Crippen LogP contribution in [0, 0.1) is 5.92 Å². The van der Waals surface area contributed by atoms with Crippen LogP contribution in [0.15, 0.2) is 30.3 Å². The van der Waals surface area contributed by atoms with Crippen LogP contribution in [0.25, 0.3) is 0 Å². The van der Waals surface area contributed by atoms with Crippen LogP contribution in [0.4, 0.5) is 0 Å². The van der Waals surface area contributed by atoms with Crippen LogP contribution in [-0.4, -0.2) is 28.5 Å². The molecule has 0 fully saturated rings. The fourth-order valence-electron chi connectivity index (χ4n) is 1.64. The summed E-state index contributed by atoms with van der Waals surface area (Å²) in [5, 5.41) is 12.2. The summed E-state index contributed by atoms with van der Waals surface area (Å²) in [7, 11) is 0. The van der Waals surface area contributed by atoms with Gasteiger partial charge < -0.3 is 10.4 Å². The van der Waals surface area contributed by atoms with E-state index in [-0.39, 0.29) is 29.3 Å². The van der Waals surface area contributed by atoms with E-state index >= 15 is 0 Å². The number of hydrogen-bond acceptors (Lipinski definition) is 2. The average Bonchev–Trinajstić information content (AvgIpc) is 2.37. The van der Waals surface area contributed by atoms with Crippen molar-refractivity contribution in [1.29, 1.82) is 0 Å². The van der Waals surface area contributed by atoms with Crippen molar-refractivity contribution in [2.75, 3.05) is 6.61 Å². The summed E-state index contributed by atoms with van der Waals surface area (Å²) < 4.78 is 0. The molecule has 100 valence electrons. The summed E-state index contributed by atoms with van der Waals surface area (Å²) in [5.74, 6) is 0.154. The van der Waals surface area contributed by atoms with E-state index in [1.165, 1.54) is 0 Å². The van der Waals surface area contributed by atoms with Crippen molar-refractivity contribution in [3.63, 3.8) is 0 Å². The average molecular weight is 314 g/mol. The third-order valence-electron chi connectivity index (χ3n) is 2.73. The molecule has 3 nitrogen and oxygen atoms in total. The van der Waals surface area contributed by atoms with Crippen molar-refractivity contribution < 1.29 is 9.90 Å². The molecule has 0 saturated carbocycles. The van der Waals surface area contributed by atoms with Crippen LogP contribution < -0.4 is 5.32 Å². The fourth-order valence-corrected chi connectivity index (χ4v) is 1.78. The van der Waals surface area contributed by atoms with Crippen LogP contribution in [0.3, 0.4) is 0 Å². The van der Waals surface area contributed by atoms with Gasteiger partial charge in [-0.25, -0.2) is 0 Å². The van der Waals surface area contributed by atoms with Crippen molar-refractivity contribution in [2.24, 2.45) is 5.92 Å². The molecule has 0 spiro atoms. The normalized spacial score (nSPS) is 14.3. The van der Waals surface area contributed by atoms with Crippen molar-refractivity contribution in [3.8, 4) is 0 Å². The number of amides is 1. The Kier molecular flexibility index (Phi) is 6.36. The Hall–Kier alpha value is -0.870. The first kappa shape index (κ1) is 15.2. The molecule has 1 aromatic carbocycles. The molecule has 0 aliphatic heterocycles. The lowest BCUT2D eigenvalue weighted by molar-refractivity contribution is -0.122. The first-order chi connectivity index (χ1) is 8.54. The molecule has 18 heavy (non-hydrogen) atoms. The van der Waals surface area contributed by atoms with Crippen molar-refractivity contribution in [3.05, 3.63) is 35.9 Å². The Balaban J connectivity index is 2.55. The molecule has 2 N–H and O–H groups in total. The molecule has 0 aliphatic carbocycles. The van der Waals surface area contributed by atoms with Gasteiger partial charge in [-0.2, -0.15) is 0 Å². The molecule has 4 heteroatoms. The van der Waals surface area contributed by atoms with Gasteiger partial charge in [0.25, 0.3) is 0 Å². The van der Waals surface area contributed by atoms with Crippen molar-refractivity contribution in [1.82, 2.24) is 5.32 Å². The predicted octanol–water partition coefficient (Wildman–Crippen LogP) is 2.13. The van der Waals surface area contributed by atoms with Crippen molar-refractivity contribution in [2.45, 2.75) is 31.1 Å². The van der Waals surface area contributed by atoms with Crippen LogP contribution in [0.5, 0.6) is 0 Å². The Bertz CT molecular complexity index is 367. The number of benzene rings is 1. The second kappa shape index (κ2) is 7.54. The van der Waals surface area contributed by atoms with Crippen LogP contribution in [-0.2, 0) is 11.2 Å². The van der Waals surface area contributed by atoms with Crippen LogP contribution in [0.1, 0.15) is 19.4 Å². The topological polar surface area (TPSA) is 49.3 Å². The Morgan fingerprint density at radius 2 is 1.94 bits per heavy atom. The number of aliphatic hydroxyl groups excluding tert-OH is 1. The molecule has 2 atom stereocenters. The summed E-state index contributed by atoms with van der Waals surface area (Å²) in [6, 6.07) is 9.59. The van der Waals surface area contributed by atoms with E-state index in [0.29, 0.717) is 6.42 Å². The predicted molar refractivity (Wildman–Crippen MR) is 76.7 cm³/mol. The highest BCUT2D eigenvalue weighted by atomic mass is 79.9. The largest absolute Gasteiger partial charge is 0.394 e. The van der Waals surface area contributed by atoms with Gasteiger partial charge in [0, 0.05) is 0 Å². The van der Waals surface area contributed by atoms with Crippen molar-refractivity contribution >= 4 is 21.8 Å².